The van der Waals surface area contributed by atoms with Crippen molar-refractivity contribution in [1.82, 2.24) is 5.32 Å². The van der Waals surface area contributed by atoms with E-state index in [-0.39, 0.29) is 5.91 Å². The van der Waals surface area contributed by atoms with Crippen LogP contribution in [0.15, 0.2) is 0 Å². The molecule has 1 fully saturated rings. The van der Waals surface area contributed by atoms with Crippen LogP contribution in [0.5, 0.6) is 0 Å². The van der Waals surface area contributed by atoms with Crippen LogP contribution in [-0.4, -0.2) is 17.5 Å². The third kappa shape index (κ3) is 2.19. The number of carbonyl (C=O) groups excluding carboxylic acids is 1. The summed E-state index contributed by atoms with van der Waals surface area (Å²) in [4.78, 5) is 11.2. The highest BCUT2D eigenvalue weighted by Crippen LogP contribution is 2.29. The average Bonchev–Trinajstić information content (AvgIpc) is 2.44. The molecule has 0 aromatic rings. The van der Waals surface area contributed by atoms with E-state index in [9.17, 15) is 4.79 Å². The number of nitrogens with two attached hydrogens (primary N) is 1. The zero-order valence-electron chi connectivity index (χ0n) is 7.35. The second-order valence-electron chi connectivity index (χ2n) is 4.01. The van der Waals surface area contributed by atoms with Crippen LogP contribution in [0.2, 0.25) is 0 Å². The highest BCUT2D eigenvalue weighted by Gasteiger charge is 2.36. The van der Waals surface area contributed by atoms with Crippen LogP contribution in [0.1, 0.15) is 27.2 Å². The Hall–Kier alpha value is -0.570. The molecule has 0 aliphatic heterocycles. The monoisotopic (exact) mass is 156 g/mol. The predicted molar refractivity (Wildman–Crippen MR) is 44.0 cm³/mol. The Morgan fingerprint density at radius 1 is 1.64 bits per heavy atom. The summed E-state index contributed by atoms with van der Waals surface area (Å²) in [6, 6.07) is 0.380. The maximum absolute atomic E-state index is 11.2. The number of hydrogen-bond acceptors (Lipinski definition) is 2. The molecule has 0 aromatic carbocycles. The molecule has 3 heteroatoms. The first kappa shape index (κ1) is 8.53. The number of hydrogen-bond donors (Lipinski definition) is 2. The fourth-order valence-corrected chi connectivity index (χ4v) is 0.878. The van der Waals surface area contributed by atoms with E-state index in [1.54, 1.807) is 13.8 Å². The Balaban J connectivity index is 2.33. The van der Waals surface area contributed by atoms with Crippen LogP contribution in [0, 0.1) is 5.92 Å². The minimum Gasteiger partial charge on any atom is -0.352 e. The standard InChI is InChI=1S/C8H16N2O/c1-5-4-6(5)10-7(11)8(2,3)9/h5-6H,4,9H2,1-3H3,(H,10,11). The quantitative estimate of drug-likeness (QED) is 0.602. The van der Waals surface area contributed by atoms with Gasteiger partial charge in [0.25, 0.3) is 0 Å². The summed E-state index contributed by atoms with van der Waals surface area (Å²) >= 11 is 0. The second-order valence-corrected chi connectivity index (χ2v) is 4.01. The van der Waals surface area contributed by atoms with Crippen LogP contribution in [0.25, 0.3) is 0 Å². The maximum Gasteiger partial charge on any atom is 0.239 e. The molecule has 1 saturated carbocycles. The van der Waals surface area contributed by atoms with E-state index in [1.807, 2.05) is 0 Å². The molecule has 2 unspecified atom stereocenters. The third-order valence-electron chi connectivity index (χ3n) is 2.01. The molecule has 1 aliphatic rings. The van der Waals surface area contributed by atoms with Crippen LogP contribution >= 0.6 is 0 Å². The first-order valence-electron chi connectivity index (χ1n) is 4.01. The lowest BCUT2D eigenvalue weighted by atomic mass is 10.1. The fourth-order valence-electron chi connectivity index (χ4n) is 0.878. The van der Waals surface area contributed by atoms with Gasteiger partial charge in [-0.15, -0.1) is 0 Å². The Labute approximate surface area is 67.3 Å². The molecule has 3 N–H and O–H groups in total. The van der Waals surface area contributed by atoms with Crippen LogP contribution in [0.3, 0.4) is 0 Å². The number of nitrogens with one attached hydrogen (secondary N) is 1. The molecule has 0 aromatic heterocycles. The van der Waals surface area contributed by atoms with Gasteiger partial charge in [-0.3, -0.25) is 4.79 Å². The molecule has 1 aliphatic carbocycles. The molecule has 64 valence electrons. The Kier molecular flexibility index (Phi) is 1.92. The van der Waals surface area contributed by atoms with Gasteiger partial charge in [-0.2, -0.15) is 0 Å². The van der Waals surface area contributed by atoms with E-state index in [2.05, 4.69) is 12.2 Å². The van der Waals surface area contributed by atoms with E-state index < -0.39 is 5.54 Å². The molecule has 11 heavy (non-hydrogen) atoms. The molecular formula is C8H16N2O. The van der Waals surface area contributed by atoms with Crippen molar-refractivity contribution in [3.8, 4) is 0 Å². The van der Waals surface area contributed by atoms with Gasteiger partial charge in [-0.25, -0.2) is 0 Å². The predicted octanol–water partition coefficient (Wildman–Crippen LogP) is 0.248. The van der Waals surface area contributed by atoms with Gasteiger partial charge in [0.2, 0.25) is 5.91 Å². The van der Waals surface area contributed by atoms with Crippen molar-refractivity contribution in [2.45, 2.75) is 38.8 Å². The fraction of sp³-hybridized carbons (Fsp3) is 0.875. The zero-order valence-corrected chi connectivity index (χ0v) is 7.35. The first-order valence-corrected chi connectivity index (χ1v) is 4.01. The summed E-state index contributed by atoms with van der Waals surface area (Å²) in [5, 5.41) is 2.88. The van der Waals surface area contributed by atoms with Crippen LogP contribution < -0.4 is 11.1 Å². The van der Waals surface area contributed by atoms with Crippen molar-refractivity contribution in [3.05, 3.63) is 0 Å². The number of rotatable bonds is 2. The Morgan fingerprint density at radius 3 is 2.36 bits per heavy atom. The highest BCUT2D eigenvalue weighted by molar-refractivity contribution is 5.85. The molecular weight excluding hydrogens is 140 g/mol. The molecule has 3 nitrogen and oxygen atoms in total. The summed E-state index contributed by atoms with van der Waals surface area (Å²) in [5.74, 6) is 0.591. The minimum atomic E-state index is -0.734. The molecule has 0 bridgehead atoms. The Bertz CT molecular complexity index is 171. The number of amides is 1. The highest BCUT2D eigenvalue weighted by atomic mass is 16.2. The van der Waals surface area contributed by atoms with E-state index in [0.29, 0.717) is 12.0 Å². The third-order valence-corrected chi connectivity index (χ3v) is 2.01. The van der Waals surface area contributed by atoms with Gasteiger partial charge in [0.05, 0.1) is 5.54 Å². The van der Waals surface area contributed by atoms with Crippen molar-refractivity contribution in [3.63, 3.8) is 0 Å². The first-order chi connectivity index (χ1) is 4.91. The smallest absolute Gasteiger partial charge is 0.239 e. The second kappa shape index (κ2) is 2.48. The summed E-state index contributed by atoms with van der Waals surface area (Å²) in [7, 11) is 0. The van der Waals surface area contributed by atoms with Gasteiger partial charge in [0.15, 0.2) is 0 Å². The normalized spacial score (nSPS) is 29.8. The van der Waals surface area contributed by atoms with E-state index >= 15 is 0 Å². The van der Waals surface area contributed by atoms with Gasteiger partial charge in [0, 0.05) is 6.04 Å². The maximum atomic E-state index is 11.2. The van der Waals surface area contributed by atoms with Gasteiger partial charge >= 0.3 is 0 Å². The summed E-state index contributed by atoms with van der Waals surface area (Å²) in [6.07, 6.45) is 1.10. The SMILES string of the molecule is CC1CC1NC(=O)C(C)(C)N. The average molecular weight is 156 g/mol. The van der Waals surface area contributed by atoms with Gasteiger partial charge in [-0.1, -0.05) is 6.92 Å². The lowest BCUT2D eigenvalue weighted by molar-refractivity contribution is -0.125. The topological polar surface area (TPSA) is 55.1 Å². The van der Waals surface area contributed by atoms with E-state index in [1.165, 1.54) is 0 Å². The summed E-state index contributed by atoms with van der Waals surface area (Å²) < 4.78 is 0. The lowest BCUT2D eigenvalue weighted by Crippen LogP contribution is -2.49. The summed E-state index contributed by atoms with van der Waals surface area (Å²) in [6.45, 7) is 5.55. The van der Waals surface area contributed by atoms with Gasteiger partial charge in [0.1, 0.15) is 0 Å². The van der Waals surface area contributed by atoms with E-state index in [0.717, 1.165) is 6.42 Å². The minimum absolute atomic E-state index is 0.0492. The molecule has 0 radical (unpaired) electrons. The lowest BCUT2D eigenvalue weighted by Gasteiger charge is -2.17. The molecule has 1 rings (SSSR count). The number of carbonyl (C=O) groups is 1. The van der Waals surface area contributed by atoms with E-state index in [4.69, 9.17) is 5.73 Å². The van der Waals surface area contributed by atoms with Crippen LogP contribution in [-0.2, 0) is 4.79 Å². The molecule has 0 saturated heterocycles. The zero-order chi connectivity index (χ0) is 8.65. The molecule has 0 heterocycles. The van der Waals surface area contributed by atoms with Crippen molar-refractivity contribution >= 4 is 5.91 Å². The van der Waals surface area contributed by atoms with Gasteiger partial charge in [-0.05, 0) is 26.2 Å². The van der Waals surface area contributed by atoms with Crippen molar-refractivity contribution in [1.29, 1.82) is 0 Å². The largest absolute Gasteiger partial charge is 0.352 e. The molecule has 1 amide bonds. The Morgan fingerprint density at radius 2 is 2.09 bits per heavy atom. The molecule has 2 atom stereocenters. The van der Waals surface area contributed by atoms with Crippen molar-refractivity contribution in [2.75, 3.05) is 0 Å². The van der Waals surface area contributed by atoms with Crippen molar-refractivity contribution in [2.24, 2.45) is 11.7 Å². The van der Waals surface area contributed by atoms with Crippen LogP contribution in [0.4, 0.5) is 0 Å². The van der Waals surface area contributed by atoms with Crippen molar-refractivity contribution < 1.29 is 4.79 Å². The summed E-state index contributed by atoms with van der Waals surface area (Å²) in [5.41, 5.74) is 4.85. The van der Waals surface area contributed by atoms with Gasteiger partial charge < -0.3 is 11.1 Å². The molecule has 0 spiro atoms.